The van der Waals surface area contributed by atoms with E-state index in [-0.39, 0.29) is 17.4 Å². The van der Waals surface area contributed by atoms with Crippen molar-refractivity contribution in [2.75, 3.05) is 25.5 Å². The van der Waals surface area contributed by atoms with Gasteiger partial charge in [-0.15, -0.1) is 0 Å². The minimum Gasteiger partial charge on any atom is -0.482 e. The zero-order valence-electron chi connectivity index (χ0n) is 14.6. The van der Waals surface area contributed by atoms with E-state index in [9.17, 15) is 13.2 Å². The monoisotopic (exact) mass is 386 g/mol. The van der Waals surface area contributed by atoms with E-state index in [0.29, 0.717) is 35.4 Å². The first-order valence-electron chi connectivity index (χ1n) is 8.42. The summed E-state index contributed by atoms with van der Waals surface area (Å²) < 4.78 is 33.1. The lowest BCUT2D eigenvalue weighted by atomic mass is 10.2. The Kier molecular flexibility index (Phi) is 4.33. The van der Waals surface area contributed by atoms with Gasteiger partial charge in [-0.2, -0.15) is 0 Å². The third kappa shape index (κ3) is 3.04. The summed E-state index contributed by atoms with van der Waals surface area (Å²) in [6, 6.07) is 7.86. The third-order valence-corrected chi connectivity index (χ3v) is 6.06. The van der Waals surface area contributed by atoms with Crippen molar-refractivity contribution in [1.82, 2.24) is 14.3 Å². The van der Waals surface area contributed by atoms with Gasteiger partial charge in [0.1, 0.15) is 5.75 Å². The van der Waals surface area contributed by atoms with Crippen LogP contribution in [0.25, 0.3) is 11.0 Å². The highest BCUT2D eigenvalue weighted by Gasteiger charge is 2.24. The van der Waals surface area contributed by atoms with Crippen LogP contribution in [0.1, 0.15) is 5.56 Å². The molecule has 2 N–H and O–H groups in total. The molecule has 9 heteroatoms. The number of ether oxygens (including phenoxy) is 1. The van der Waals surface area contributed by atoms with E-state index in [4.69, 9.17) is 4.74 Å². The number of fused-ring (bicyclic) bond motifs is 2. The Morgan fingerprint density at radius 2 is 2.19 bits per heavy atom. The van der Waals surface area contributed by atoms with Crippen LogP contribution in [-0.2, 0) is 21.2 Å². The predicted octanol–water partition coefficient (Wildman–Crippen LogP) is 1.37. The molecule has 0 radical (unpaired) electrons. The fraction of sp³-hybridized carbons (Fsp3) is 0.222. The molecule has 2 aromatic heterocycles. The number of hydrogen-bond acceptors (Lipinski definition) is 6. The molecule has 1 amide bonds. The molecular weight excluding hydrogens is 368 g/mol. The minimum atomic E-state index is -3.85. The van der Waals surface area contributed by atoms with Gasteiger partial charge in [-0.3, -0.25) is 9.78 Å². The Balaban J connectivity index is 1.82. The maximum atomic E-state index is 13.3. The topological polar surface area (TPSA) is 102 Å². The first-order valence-corrected chi connectivity index (χ1v) is 9.86. The molecule has 8 nitrogen and oxygen atoms in total. The number of hydrogen-bond donors (Lipinski definition) is 2. The van der Waals surface area contributed by atoms with Gasteiger partial charge in [-0.1, -0.05) is 0 Å². The number of anilines is 1. The number of likely N-dealkylation sites (N-methyl/N-ethyl adjacent to an activating group) is 1. The summed E-state index contributed by atoms with van der Waals surface area (Å²) in [6.07, 6.45) is 3.93. The summed E-state index contributed by atoms with van der Waals surface area (Å²) in [5, 5.41) is 5.71. The van der Waals surface area contributed by atoms with Gasteiger partial charge in [0.15, 0.2) is 6.61 Å². The van der Waals surface area contributed by atoms with Crippen molar-refractivity contribution in [2.24, 2.45) is 0 Å². The molecule has 27 heavy (non-hydrogen) atoms. The zero-order chi connectivity index (χ0) is 19.0. The number of nitrogens with zero attached hydrogens (tertiary/aromatic N) is 2. The molecular formula is C18H18N4O4S. The van der Waals surface area contributed by atoms with Crippen LogP contribution >= 0.6 is 0 Å². The number of amides is 1. The summed E-state index contributed by atoms with van der Waals surface area (Å²) in [7, 11) is -2.01. The largest absolute Gasteiger partial charge is 0.482 e. The molecule has 0 unspecified atom stereocenters. The van der Waals surface area contributed by atoms with Gasteiger partial charge in [0, 0.05) is 18.5 Å². The number of carbonyl (C=O) groups excluding carboxylic acids is 1. The van der Waals surface area contributed by atoms with Gasteiger partial charge in [0.25, 0.3) is 15.9 Å². The predicted molar refractivity (Wildman–Crippen MR) is 101 cm³/mol. The molecule has 0 fully saturated rings. The number of nitrogens with one attached hydrogen (secondary N) is 2. The van der Waals surface area contributed by atoms with E-state index in [1.54, 1.807) is 24.5 Å². The first kappa shape index (κ1) is 17.5. The van der Waals surface area contributed by atoms with Gasteiger partial charge in [-0.25, -0.2) is 12.4 Å². The van der Waals surface area contributed by atoms with Crippen molar-refractivity contribution in [3.63, 3.8) is 0 Å². The Hall–Kier alpha value is -2.91. The molecule has 1 aliphatic rings. The lowest BCUT2D eigenvalue weighted by Gasteiger charge is -2.18. The minimum absolute atomic E-state index is 0.0818. The number of carbonyl (C=O) groups is 1. The second-order valence-electron chi connectivity index (χ2n) is 6.17. The van der Waals surface area contributed by atoms with Gasteiger partial charge in [0.05, 0.1) is 21.6 Å². The quantitative estimate of drug-likeness (QED) is 0.687. The molecule has 0 saturated carbocycles. The molecule has 0 saturated heterocycles. The highest BCUT2D eigenvalue weighted by molar-refractivity contribution is 7.90. The zero-order valence-corrected chi connectivity index (χ0v) is 15.4. The van der Waals surface area contributed by atoms with Crippen molar-refractivity contribution < 1.29 is 17.9 Å². The Bertz CT molecular complexity index is 1140. The van der Waals surface area contributed by atoms with E-state index in [2.05, 4.69) is 15.6 Å². The van der Waals surface area contributed by atoms with Crippen LogP contribution in [0.15, 0.2) is 47.6 Å². The molecule has 1 aromatic carbocycles. The van der Waals surface area contributed by atoms with E-state index in [1.165, 1.54) is 22.2 Å². The Morgan fingerprint density at radius 1 is 1.33 bits per heavy atom. The summed E-state index contributed by atoms with van der Waals surface area (Å²) in [5.41, 5.74) is 2.50. The maximum Gasteiger partial charge on any atom is 0.268 e. The van der Waals surface area contributed by atoms with Crippen molar-refractivity contribution >= 4 is 32.7 Å². The second-order valence-corrected chi connectivity index (χ2v) is 7.99. The molecule has 4 rings (SSSR count). The number of rotatable bonds is 5. The first-order chi connectivity index (χ1) is 13.0. The average Bonchev–Trinajstić information content (AvgIpc) is 3.05. The summed E-state index contributed by atoms with van der Waals surface area (Å²) in [6.45, 7) is 0.573. The van der Waals surface area contributed by atoms with Gasteiger partial charge >= 0.3 is 0 Å². The maximum absolute atomic E-state index is 13.3. The number of pyridine rings is 1. The summed E-state index contributed by atoms with van der Waals surface area (Å²) in [5.74, 6) is 0.0652. The standard InChI is InChI=1S/C18H18N4O4S/c1-19-8-6-12-10-22(15-3-2-7-20-18(12)15)27(24,25)13-4-5-14-16(9-13)26-11-17(23)21-14/h2-5,7,9-10,19H,6,8,11H2,1H3,(H,21,23). The lowest BCUT2D eigenvalue weighted by molar-refractivity contribution is -0.118. The van der Waals surface area contributed by atoms with Crippen LogP contribution in [0.5, 0.6) is 5.75 Å². The van der Waals surface area contributed by atoms with Crippen molar-refractivity contribution in [3.05, 3.63) is 48.3 Å². The highest BCUT2D eigenvalue weighted by atomic mass is 32.2. The molecule has 3 heterocycles. The fourth-order valence-corrected chi connectivity index (χ4v) is 4.46. The number of benzene rings is 1. The van der Waals surface area contributed by atoms with Crippen molar-refractivity contribution in [1.29, 1.82) is 0 Å². The van der Waals surface area contributed by atoms with Crippen molar-refractivity contribution in [2.45, 2.75) is 11.3 Å². The molecule has 0 bridgehead atoms. The van der Waals surface area contributed by atoms with E-state index in [0.717, 1.165) is 5.56 Å². The van der Waals surface area contributed by atoms with Crippen LogP contribution in [0, 0.1) is 0 Å². The van der Waals surface area contributed by atoms with Crippen molar-refractivity contribution in [3.8, 4) is 5.75 Å². The SMILES string of the molecule is CNCCc1cn(S(=O)(=O)c2ccc3c(c2)OCC(=O)N3)c2cccnc12. The fourth-order valence-electron chi connectivity index (χ4n) is 3.06. The van der Waals surface area contributed by atoms with Crippen LogP contribution < -0.4 is 15.4 Å². The van der Waals surface area contributed by atoms with E-state index >= 15 is 0 Å². The van der Waals surface area contributed by atoms with Crippen LogP contribution in [0.3, 0.4) is 0 Å². The second kappa shape index (κ2) is 6.67. The molecule has 0 aliphatic carbocycles. The lowest BCUT2D eigenvalue weighted by Crippen LogP contribution is -2.25. The molecule has 0 spiro atoms. The number of aromatic nitrogens is 2. The van der Waals surface area contributed by atoms with Gasteiger partial charge in [-0.05, 0) is 49.8 Å². The molecule has 0 atom stereocenters. The van der Waals surface area contributed by atoms with Gasteiger partial charge in [0.2, 0.25) is 0 Å². The summed E-state index contributed by atoms with van der Waals surface area (Å²) in [4.78, 5) is 15.8. The smallest absolute Gasteiger partial charge is 0.268 e. The molecule has 3 aromatic rings. The van der Waals surface area contributed by atoms with Crippen LogP contribution in [0.4, 0.5) is 5.69 Å². The normalized spacial score (nSPS) is 13.9. The molecule has 140 valence electrons. The third-order valence-electron chi connectivity index (χ3n) is 4.39. The van der Waals surface area contributed by atoms with Crippen LogP contribution in [-0.4, -0.2) is 43.5 Å². The van der Waals surface area contributed by atoms with E-state index < -0.39 is 10.0 Å². The average molecular weight is 386 g/mol. The molecule has 1 aliphatic heterocycles. The Labute approximate surface area is 156 Å². The van der Waals surface area contributed by atoms with Crippen LogP contribution in [0.2, 0.25) is 0 Å². The Morgan fingerprint density at radius 3 is 3.00 bits per heavy atom. The van der Waals surface area contributed by atoms with E-state index in [1.807, 2.05) is 7.05 Å². The highest BCUT2D eigenvalue weighted by Crippen LogP contribution is 2.32. The van der Waals surface area contributed by atoms with Gasteiger partial charge < -0.3 is 15.4 Å². The summed E-state index contributed by atoms with van der Waals surface area (Å²) >= 11 is 0.